The van der Waals surface area contributed by atoms with Crippen molar-refractivity contribution < 1.29 is 22.7 Å². The van der Waals surface area contributed by atoms with Gasteiger partial charge in [-0.3, -0.25) is 9.79 Å². The molecule has 2 atom stereocenters. The van der Waals surface area contributed by atoms with Crippen molar-refractivity contribution in [3.8, 4) is 11.5 Å². The maximum absolute atomic E-state index is 12.5. The van der Waals surface area contributed by atoms with Crippen LogP contribution in [-0.2, 0) is 9.84 Å². The molecular weight excluding hydrogens is 412 g/mol. The summed E-state index contributed by atoms with van der Waals surface area (Å²) < 4.78 is 35.2. The lowest BCUT2D eigenvalue weighted by atomic mass is 10.1. The molecule has 7 nitrogen and oxygen atoms in total. The molecule has 9 heteroatoms. The van der Waals surface area contributed by atoms with E-state index in [-0.39, 0.29) is 41.9 Å². The van der Waals surface area contributed by atoms with Crippen molar-refractivity contribution in [3.63, 3.8) is 0 Å². The third-order valence-electron chi connectivity index (χ3n) is 5.17. The Morgan fingerprint density at radius 1 is 1.10 bits per heavy atom. The first-order chi connectivity index (χ1) is 14.0. The number of ether oxygens (including phenoxy) is 2. The second kappa shape index (κ2) is 7.07. The first-order valence-corrected chi connectivity index (χ1v) is 12.0. The van der Waals surface area contributed by atoms with Gasteiger partial charge in [0.15, 0.2) is 32.3 Å². The van der Waals surface area contributed by atoms with Gasteiger partial charge < -0.3 is 14.4 Å². The van der Waals surface area contributed by atoms with Crippen LogP contribution in [0, 0.1) is 0 Å². The van der Waals surface area contributed by atoms with Gasteiger partial charge in [-0.1, -0.05) is 42.1 Å². The molecule has 29 heavy (non-hydrogen) atoms. The van der Waals surface area contributed by atoms with E-state index in [1.165, 1.54) is 11.8 Å². The van der Waals surface area contributed by atoms with Crippen molar-refractivity contribution in [2.24, 2.45) is 4.99 Å². The Bertz CT molecular complexity index is 1100. The van der Waals surface area contributed by atoms with Gasteiger partial charge in [-0.25, -0.2) is 8.42 Å². The van der Waals surface area contributed by atoms with E-state index in [2.05, 4.69) is 4.99 Å². The average Bonchev–Trinajstić information content (AvgIpc) is 3.37. The molecule has 1 fully saturated rings. The Morgan fingerprint density at radius 3 is 2.72 bits per heavy atom. The largest absolute Gasteiger partial charge is 0.454 e. The Kier molecular flexibility index (Phi) is 4.51. The number of ketones is 1. The Labute approximate surface area is 172 Å². The molecule has 0 aliphatic carbocycles. The van der Waals surface area contributed by atoms with Gasteiger partial charge in [0, 0.05) is 17.3 Å². The number of Topliss-reactive ketones (excluding diaryl/α,β-unsaturated/α-hetero) is 1. The molecule has 2 aromatic carbocycles. The fourth-order valence-corrected chi connectivity index (χ4v) is 6.67. The molecule has 3 heterocycles. The summed E-state index contributed by atoms with van der Waals surface area (Å²) in [4.78, 5) is 19.1. The van der Waals surface area contributed by atoms with Crippen LogP contribution in [-0.4, -0.2) is 55.5 Å². The zero-order chi connectivity index (χ0) is 20.0. The molecule has 3 aliphatic rings. The topological polar surface area (TPSA) is 85.3 Å². The molecule has 0 aromatic heterocycles. The van der Waals surface area contributed by atoms with E-state index >= 15 is 0 Å². The van der Waals surface area contributed by atoms with Gasteiger partial charge in [0.05, 0.1) is 29.3 Å². The first-order valence-electron chi connectivity index (χ1n) is 9.18. The number of benzene rings is 2. The maximum Gasteiger partial charge on any atom is 0.231 e. The number of fused-ring (bicyclic) bond motifs is 2. The van der Waals surface area contributed by atoms with E-state index in [9.17, 15) is 13.2 Å². The van der Waals surface area contributed by atoms with Crippen LogP contribution >= 0.6 is 11.8 Å². The SMILES string of the molecule is O=C(CSC1=N[C@@H]2CS(=O)(=O)C[C@@H]2N1c1ccc2c(c1)OCO2)c1ccccc1. The molecular formula is C20H18N2O5S2. The van der Waals surface area contributed by atoms with Crippen LogP contribution in [0.3, 0.4) is 0 Å². The zero-order valence-electron chi connectivity index (χ0n) is 15.4. The minimum Gasteiger partial charge on any atom is -0.454 e. The molecule has 5 rings (SSSR count). The van der Waals surface area contributed by atoms with E-state index < -0.39 is 9.84 Å². The van der Waals surface area contributed by atoms with Gasteiger partial charge in [-0.15, -0.1) is 0 Å². The summed E-state index contributed by atoms with van der Waals surface area (Å²) in [6.07, 6.45) is 0. The van der Waals surface area contributed by atoms with Gasteiger partial charge in [0.25, 0.3) is 0 Å². The number of hydrogen-bond donors (Lipinski definition) is 0. The van der Waals surface area contributed by atoms with Crippen LogP contribution in [0.25, 0.3) is 0 Å². The molecule has 0 spiro atoms. The van der Waals surface area contributed by atoms with E-state index in [1.807, 2.05) is 41.3 Å². The number of nitrogens with zero attached hydrogens (tertiary/aromatic N) is 2. The molecule has 0 amide bonds. The third kappa shape index (κ3) is 3.49. The molecule has 150 valence electrons. The highest BCUT2D eigenvalue weighted by Crippen LogP contribution is 2.40. The van der Waals surface area contributed by atoms with Crippen molar-refractivity contribution in [1.29, 1.82) is 0 Å². The summed E-state index contributed by atoms with van der Waals surface area (Å²) in [5.41, 5.74) is 1.44. The minimum atomic E-state index is -3.14. The standard InChI is InChI=1S/C20H18N2O5S2/c23-17(13-4-2-1-3-5-13)9-28-20-21-15-10-29(24,25)11-16(15)22(20)14-6-7-18-19(8-14)27-12-26-18/h1-8,15-16H,9-12H2/t15-,16+/m1/s1. The molecule has 3 aliphatic heterocycles. The zero-order valence-corrected chi connectivity index (χ0v) is 17.0. The van der Waals surface area contributed by atoms with Crippen molar-refractivity contribution in [2.75, 3.05) is 29.0 Å². The molecule has 0 N–H and O–H groups in total. The van der Waals surface area contributed by atoms with Crippen LogP contribution in [0.15, 0.2) is 53.5 Å². The number of anilines is 1. The summed E-state index contributed by atoms with van der Waals surface area (Å²) >= 11 is 1.34. The predicted molar refractivity (Wildman–Crippen MR) is 112 cm³/mol. The number of rotatable bonds is 4. The van der Waals surface area contributed by atoms with Gasteiger partial charge >= 0.3 is 0 Å². The van der Waals surface area contributed by atoms with Crippen LogP contribution in [0.2, 0.25) is 0 Å². The number of hydrogen-bond acceptors (Lipinski definition) is 8. The van der Waals surface area contributed by atoms with Crippen LogP contribution in [0.5, 0.6) is 11.5 Å². The van der Waals surface area contributed by atoms with E-state index in [1.54, 1.807) is 12.1 Å². The number of sulfone groups is 1. The summed E-state index contributed by atoms with van der Waals surface area (Å²) in [6, 6.07) is 14.0. The molecule has 0 saturated carbocycles. The maximum atomic E-state index is 12.5. The fraction of sp³-hybridized carbons (Fsp3) is 0.300. The van der Waals surface area contributed by atoms with E-state index in [4.69, 9.17) is 9.47 Å². The predicted octanol–water partition coefficient (Wildman–Crippen LogP) is 2.37. The number of thioether (sulfide) groups is 1. The molecule has 1 saturated heterocycles. The second-order valence-electron chi connectivity index (χ2n) is 7.11. The normalized spacial score (nSPS) is 23.7. The first kappa shape index (κ1) is 18.5. The fourth-order valence-electron chi connectivity index (χ4n) is 3.81. The summed E-state index contributed by atoms with van der Waals surface area (Å²) in [7, 11) is -3.14. The summed E-state index contributed by atoms with van der Waals surface area (Å²) in [6.45, 7) is 0.167. The lowest BCUT2D eigenvalue weighted by molar-refractivity contribution is 0.102. The van der Waals surface area contributed by atoms with Gasteiger partial charge in [-0.2, -0.15) is 0 Å². The lowest BCUT2D eigenvalue weighted by Gasteiger charge is -2.26. The number of carbonyl (C=O) groups is 1. The van der Waals surface area contributed by atoms with Crippen molar-refractivity contribution >= 4 is 38.2 Å². The molecule has 0 bridgehead atoms. The molecule has 0 radical (unpaired) electrons. The van der Waals surface area contributed by atoms with Crippen LogP contribution in [0.4, 0.5) is 5.69 Å². The number of carbonyl (C=O) groups excluding carboxylic acids is 1. The van der Waals surface area contributed by atoms with Crippen molar-refractivity contribution in [1.82, 2.24) is 0 Å². The van der Waals surface area contributed by atoms with E-state index in [0.717, 1.165) is 5.69 Å². The van der Waals surface area contributed by atoms with Crippen molar-refractivity contribution in [2.45, 2.75) is 12.1 Å². The average molecular weight is 431 g/mol. The van der Waals surface area contributed by atoms with Gasteiger partial charge in [0.1, 0.15) is 0 Å². The quantitative estimate of drug-likeness (QED) is 0.689. The number of aliphatic imine (C=N–C) groups is 1. The highest BCUT2D eigenvalue weighted by Gasteiger charge is 2.47. The van der Waals surface area contributed by atoms with E-state index in [0.29, 0.717) is 22.2 Å². The minimum absolute atomic E-state index is 0.00798. The Morgan fingerprint density at radius 2 is 1.90 bits per heavy atom. The number of amidine groups is 1. The Balaban J connectivity index is 1.42. The third-order valence-corrected chi connectivity index (χ3v) is 7.84. The smallest absolute Gasteiger partial charge is 0.231 e. The summed E-state index contributed by atoms with van der Waals surface area (Å²) in [5.74, 6) is 1.61. The van der Waals surface area contributed by atoms with Gasteiger partial charge in [-0.05, 0) is 12.1 Å². The van der Waals surface area contributed by atoms with Crippen LogP contribution in [0.1, 0.15) is 10.4 Å². The highest BCUT2D eigenvalue weighted by atomic mass is 32.2. The lowest BCUT2D eigenvalue weighted by Crippen LogP contribution is -2.39. The Hall–Kier alpha value is -2.52. The second-order valence-corrected chi connectivity index (χ2v) is 10.2. The van der Waals surface area contributed by atoms with Crippen LogP contribution < -0.4 is 14.4 Å². The van der Waals surface area contributed by atoms with Crippen molar-refractivity contribution in [3.05, 3.63) is 54.1 Å². The van der Waals surface area contributed by atoms with Gasteiger partial charge in [0.2, 0.25) is 6.79 Å². The molecule has 2 aromatic rings. The molecule has 0 unspecified atom stereocenters. The monoisotopic (exact) mass is 430 g/mol. The highest BCUT2D eigenvalue weighted by molar-refractivity contribution is 8.14. The summed E-state index contributed by atoms with van der Waals surface area (Å²) in [5, 5.41) is 0.665.